The molecule has 0 radical (unpaired) electrons. The zero-order chi connectivity index (χ0) is 17.4. The lowest BCUT2D eigenvalue weighted by molar-refractivity contribution is 0.0203. The zero-order valence-corrected chi connectivity index (χ0v) is 14.8. The van der Waals surface area contributed by atoms with E-state index in [1.807, 2.05) is 6.92 Å². The van der Waals surface area contributed by atoms with Crippen molar-refractivity contribution in [3.05, 3.63) is 35.4 Å². The minimum atomic E-state index is -0.342. The average molecular weight is 332 g/mol. The molecule has 0 bridgehead atoms. The Labute approximate surface area is 144 Å². The van der Waals surface area contributed by atoms with E-state index in [0.717, 1.165) is 32.1 Å². The first-order valence-electron chi connectivity index (χ1n) is 9.10. The van der Waals surface area contributed by atoms with Crippen LogP contribution in [-0.4, -0.2) is 24.6 Å². The van der Waals surface area contributed by atoms with Gasteiger partial charge >= 0.3 is 11.9 Å². The quantitative estimate of drug-likeness (QED) is 0.508. The smallest absolute Gasteiger partial charge is 0.338 e. The first-order valence-corrected chi connectivity index (χ1v) is 9.10. The Bertz CT molecular complexity index is 529. The SMILES string of the molecule is CCCCCOC(=O)c1ccc(C(=O)OC(C)C2CCCC2)cc1. The van der Waals surface area contributed by atoms with Crippen LogP contribution < -0.4 is 0 Å². The Morgan fingerprint density at radius 2 is 1.62 bits per heavy atom. The van der Waals surface area contributed by atoms with Crippen molar-refractivity contribution in [3.63, 3.8) is 0 Å². The van der Waals surface area contributed by atoms with Gasteiger partial charge in [-0.2, -0.15) is 0 Å². The van der Waals surface area contributed by atoms with E-state index >= 15 is 0 Å². The van der Waals surface area contributed by atoms with Crippen molar-refractivity contribution in [2.24, 2.45) is 5.92 Å². The van der Waals surface area contributed by atoms with Gasteiger partial charge in [0, 0.05) is 0 Å². The number of rotatable bonds is 8. The fourth-order valence-corrected chi connectivity index (χ4v) is 3.10. The van der Waals surface area contributed by atoms with Gasteiger partial charge in [0.2, 0.25) is 0 Å². The monoisotopic (exact) mass is 332 g/mol. The second-order valence-corrected chi connectivity index (χ2v) is 6.58. The van der Waals surface area contributed by atoms with Gasteiger partial charge in [0.1, 0.15) is 6.10 Å². The lowest BCUT2D eigenvalue weighted by atomic mass is 10.0. The second-order valence-electron chi connectivity index (χ2n) is 6.58. The van der Waals surface area contributed by atoms with E-state index in [1.54, 1.807) is 24.3 Å². The minimum Gasteiger partial charge on any atom is -0.462 e. The molecule has 2 rings (SSSR count). The summed E-state index contributed by atoms with van der Waals surface area (Å²) in [6.45, 7) is 4.51. The third kappa shape index (κ3) is 5.36. The molecule has 0 aromatic heterocycles. The summed E-state index contributed by atoms with van der Waals surface area (Å²) in [6.07, 6.45) is 7.69. The van der Waals surface area contributed by atoms with E-state index in [4.69, 9.17) is 9.47 Å². The van der Waals surface area contributed by atoms with E-state index in [9.17, 15) is 9.59 Å². The standard InChI is InChI=1S/C20H28O4/c1-3-4-7-14-23-19(21)17-10-12-18(13-11-17)20(22)24-15(2)16-8-5-6-9-16/h10-13,15-16H,3-9,14H2,1-2H3. The molecule has 1 aromatic rings. The average Bonchev–Trinajstić information content (AvgIpc) is 3.13. The molecule has 1 aromatic carbocycles. The van der Waals surface area contributed by atoms with E-state index in [2.05, 4.69) is 6.92 Å². The van der Waals surface area contributed by atoms with Gasteiger partial charge in [0.15, 0.2) is 0 Å². The van der Waals surface area contributed by atoms with Crippen LogP contribution in [0.1, 0.15) is 79.5 Å². The molecule has 24 heavy (non-hydrogen) atoms. The van der Waals surface area contributed by atoms with Crippen LogP contribution in [0.3, 0.4) is 0 Å². The highest BCUT2D eigenvalue weighted by Gasteiger charge is 2.24. The third-order valence-corrected chi connectivity index (χ3v) is 4.69. The maximum atomic E-state index is 12.2. The summed E-state index contributed by atoms with van der Waals surface area (Å²) < 4.78 is 10.8. The molecule has 0 saturated heterocycles. The number of ether oxygens (including phenoxy) is 2. The number of carbonyl (C=O) groups is 2. The van der Waals surface area contributed by atoms with Crippen LogP contribution in [0.15, 0.2) is 24.3 Å². The van der Waals surface area contributed by atoms with Crippen molar-refractivity contribution < 1.29 is 19.1 Å². The molecule has 1 saturated carbocycles. The topological polar surface area (TPSA) is 52.6 Å². The largest absolute Gasteiger partial charge is 0.462 e. The maximum absolute atomic E-state index is 12.2. The molecule has 0 amide bonds. The molecule has 1 aliphatic rings. The molecule has 0 aliphatic heterocycles. The van der Waals surface area contributed by atoms with E-state index in [-0.39, 0.29) is 18.0 Å². The zero-order valence-electron chi connectivity index (χ0n) is 14.8. The first-order chi connectivity index (χ1) is 11.6. The van der Waals surface area contributed by atoms with Gasteiger partial charge in [0.05, 0.1) is 17.7 Å². The van der Waals surface area contributed by atoms with E-state index < -0.39 is 0 Å². The summed E-state index contributed by atoms with van der Waals surface area (Å²) in [4.78, 5) is 24.1. The molecule has 1 fully saturated rings. The van der Waals surface area contributed by atoms with Crippen molar-refractivity contribution in [1.82, 2.24) is 0 Å². The summed E-state index contributed by atoms with van der Waals surface area (Å²) in [5.41, 5.74) is 0.939. The predicted octanol–water partition coefficient (Wildman–Crippen LogP) is 4.77. The van der Waals surface area contributed by atoms with Crippen LogP contribution in [0.2, 0.25) is 0 Å². The van der Waals surface area contributed by atoms with Crippen LogP contribution in [0.5, 0.6) is 0 Å². The summed E-state index contributed by atoms with van der Waals surface area (Å²) in [5.74, 6) is -0.186. The molecule has 132 valence electrons. The van der Waals surface area contributed by atoms with Gasteiger partial charge < -0.3 is 9.47 Å². The van der Waals surface area contributed by atoms with Gasteiger partial charge in [-0.1, -0.05) is 32.6 Å². The van der Waals surface area contributed by atoms with Crippen molar-refractivity contribution in [1.29, 1.82) is 0 Å². The van der Waals surface area contributed by atoms with Gasteiger partial charge in [0.25, 0.3) is 0 Å². The number of esters is 2. The predicted molar refractivity (Wildman–Crippen MR) is 93.1 cm³/mol. The van der Waals surface area contributed by atoms with Crippen molar-refractivity contribution in [3.8, 4) is 0 Å². The molecule has 0 heterocycles. The maximum Gasteiger partial charge on any atom is 0.338 e. The van der Waals surface area contributed by atoms with Gasteiger partial charge in [-0.15, -0.1) is 0 Å². The molecular weight excluding hydrogens is 304 g/mol. The first kappa shape index (κ1) is 18.5. The molecule has 4 nitrogen and oxygen atoms in total. The lowest BCUT2D eigenvalue weighted by Crippen LogP contribution is -2.22. The van der Waals surface area contributed by atoms with Crippen molar-refractivity contribution in [2.45, 2.75) is 64.9 Å². The van der Waals surface area contributed by atoms with Crippen LogP contribution in [0, 0.1) is 5.92 Å². The van der Waals surface area contributed by atoms with Crippen LogP contribution >= 0.6 is 0 Å². The minimum absolute atomic E-state index is 0.0526. The number of carbonyl (C=O) groups excluding carboxylic acids is 2. The molecular formula is C20H28O4. The Morgan fingerprint density at radius 3 is 2.21 bits per heavy atom. The highest BCUT2D eigenvalue weighted by molar-refractivity contribution is 5.93. The Balaban J connectivity index is 1.83. The fraction of sp³-hybridized carbons (Fsp3) is 0.600. The van der Waals surface area contributed by atoms with Gasteiger partial charge in [-0.3, -0.25) is 0 Å². The van der Waals surface area contributed by atoms with Crippen molar-refractivity contribution in [2.75, 3.05) is 6.61 Å². The summed E-state index contributed by atoms with van der Waals surface area (Å²) >= 11 is 0. The Hall–Kier alpha value is -1.84. The Morgan fingerprint density at radius 1 is 1.04 bits per heavy atom. The summed E-state index contributed by atoms with van der Waals surface area (Å²) in [5, 5.41) is 0. The third-order valence-electron chi connectivity index (χ3n) is 4.69. The number of unbranched alkanes of at least 4 members (excludes halogenated alkanes) is 2. The highest BCUT2D eigenvalue weighted by Crippen LogP contribution is 2.29. The number of hydrogen-bond donors (Lipinski definition) is 0. The normalized spacial score (nSPS) is 15.9. The van der Waals surface area contributed by atoms with Crippen LogP contribution in [-0.2, 0) is 9.47 Å². The van der Waals surface area contributed by atoms with E-state index in [0.29, 0.717) is 23.7 Å². The fourth-order valence-electron chi connectivity index (χ4n) is 3.10. The van der Waals surface area contributed by atoms with E-state index in [1.165, 1.54) is 12.8 Å². The van der Waals surface area contributed by atoms with Crippen LogP contribution in [0.25, 0.3) is 0 Å². The van der Waals surface area contributed by atoms with Crippen LogP contribution in [0.4, 0.5) is 0 Å². The number of benzene rings is 1. The molecule has 4 heteroatoms. The molecule has 1 atom stereocenters. The molecule has 1 aliphatic carbocycles. The van der Waals surface area contributed by atoms with Crippen molar-refractivity contribution >= 4 is 11.9 Å². The second kappa shape index (κ2) is 9.45. The summed E-state index contributed by atoms with van der Waals surface area (Å²) in [7, 11) is 0. The number of hydrogen-bond acceptors (Lipinski definition) is 4. The van der Waals surface area contributed by atoms with Gasteiger partial charge in [-0.05, 0) is 56.4 Å². The highest BCUT2D eigenvalue weighted by atomic mass is 16.5. The summed E-state index contributed by atoms with van der Waals surface area (Å²) in [6, 6.07) is 6.51. The molecule has 0 spiro atoms. The molecule has 0 N–H and O–H groups in total. The molecule has 1 unspecified atom stereocenters. The van der Waals surface area contributed by atoms with Gasteiger partial charge in [-0.25, -0.2) is 9.59 Å². The lowest BCUT2D eigenvalue weighted by Gasteiger charge is -2.19. The Kier molecular flexibility index (Phi) is 7.29.